The molecule has 1 aliphatic rings. The summed E-state index contributed by atoms with van der Waals surface area (Å²) in [6, 6.07) is 21.4. The van der Waals surface area contributed by atoms with Crippen LogP contribution >= 0.6 is 0 Å². The number of carbonyl (C=O) groups excluding carboxylic acids is 1. The quantitative estimate of drug-likeness (QED) is 0.246. The first-order chi connectivity index (χ1) is 19.4. The Hall–Kier alpha value is -4.24. The van der Waals surface area contributed by atoms with Gasteiger partial charge in [0, 0.05) is 54.6 Å². The van der Waals surface area contributed by atoms with E-state index in [1.807, 2.05) is 41.1 Å². The van der Waals surface area contributed by atoms with Gasteiger partial charge < -0.3 is 14.0 Å². The van der Waals surface area contributed by atoms with Crippen LogP contribution in [0.3, 0.4) is 0 Å². The second-order valence-electron chi connectivity index (χ2n) is 10.3. The minimum absolute atomic E-state index is 0.0874. The summed E-state index contributed by atoms with van der Waals surface area (Å²) in [5, 5.41) is 4.41. The largest absolute Gasteiger partial charge is 0.361 e. The number of aromatic nitrogens is 3. The van der Waals surface area contributed by atoms with E-state index in [0.29, 0.717) is 23.4 Å². The molecule has 4 heterocycles. The van der Waals surface area contributed by atoms with Crippen LogP contribution in [0.1, 0.15) is 29.9 Å². The Balaban J connectivity index is 1.24. The summed E-state index contributed by atoms with van der Waals surface area (Å²) in [7, 11) is -3.87. The zero-order chi connectivity index (χ0) is 27.7. The number of aryl methyl sites for hydroxylation is 1. The van der Waals surface area contributed by atoms with Crippen molar-refractivity contribution in [1.82, 2.24) is 14.7 Å². The number of nitrogens with zero attached hydrogens (tertiary/aromatic N) is 4. The van der Waals surface area contributed by atoms with Gasteiger partial charge in [0.1, 0.15) is 17.3 Å². The highest BCUT2D eigenvalue weighted by atomic mass is 32.2. The van der Waals surface area contributed by atoms with E-state index in [9.17, 15) is 13.2 Å². The van der Waals surface area contributed by atoms with Gasteiger partial charge in [-0.1, -0.05) is 41.6 Å². The van der Waals surface area contributed by atoms with Gasteiger partial charge in [-0.25, -0.2) is 13.4 Å². The topological polar surface area (TPSA) is 98.3 Å². The fourth-order valence-electron chi connectivity index (χ4n) is 5.37. The predicted octanol–water partition coefficient (Wildman–Crippen LogP) is 5.23. The van der Waals surface area contributed by atoms with Crippen molar-refractivity contribution < 1.29 is 17.7 Å². The summed E-state index contributed by atoms with van der Waals surface area (Å²) in [6.07, 6.45) is 5.89. The van der Waals surface area contributed by atoms with Crippen LogP contribution in [0.2, 0.25) is 0 Å². The highest BCUT2D eigenvalue weighted by molar-refractivity contribution is 7.92. The number of hydrogen-bond donors (Lipinski definition) is 0. The molecule has 0 aliphatic carbocycles. The lowest BCUT2D eigenvalue weighted by molar-refractivity contribution is -0.116. The highest BCUT2D eigenvalue weighted by Gasteiger charge is 2.25. The van der Waals surface area contributed by atoms with E-state index in [0.717, 1.165) is 41.1 Å². The van der Waals surface area contributed by atoms with Gasteiger partial charge in [0.15, 0.2) is 15.6 Å². The molecule has 1 fully saturated rings. The second kappa shape index (κ2) is 10.7. The molecule has 0 radical (unpaired) electrons. The summed E-state index contributed by atoms with van der Waals surface area (Å²) < 4.78 is 33.7. The fourth-order valence-corrected chi connectivity index (χ4v) is 6.85. The van der Waals surface area contributed by atoms with Crippen LogP contribution in [0.25, 0.3) is 22.0 Å². The average Bonchev–Trinajstić information content (AvgIpc) is 3.70. The standard InChI is InChI=1S/C31H30N4O4S/c1-22-15-26(33-39-22)17-27(36)21-40(37,38)30-20-35(29-10-3-2-9-28(29)30)19-23-7-6-8-24(16-23)25-11-12-31(32-18-25)34-13-4-5-14-34/h2-3,6-12,15-16,18,20H,4-5,13-14,17,19,21H2,1H3. The zero-order valence-corrected chi connectivity index (χ0v) is 23.1. The number of sulfone groups is 1. The molecule has 0 bridgehead atoms. The van der Waals surface area contributed by atoms with Crippen molar-refractivity contribution in [3.8, 4) is 11.1 Å². The molecule has 204 valence electrons. The number of para-hydroxylation sites is 1. The summed E-state index contributed by atoms with van der Waals surface area (Å²) >= 11 is 0. The number of carbonyl (C=O) groups is 1. The van der Waals surface area contributed by atoms with Crippen LogP contribution in [0.4, 0.5) is 5.82 Å². The van der Waals surface area contributed by atoms with Crippen molar-refractivity contribution in [3.05, 3.63) is 96.1 Å². The van der Waals surface area contributed by atoms with E-state index in [1.165, 1.54) is 12.8 Å². The van der Waals surface area contributed by atoms with Gasteiger partial charge in [-0.15, -0.1) is 0 Å². The summed E-state index contributed by atoms with van der Waals surface area (Å²) in [4.78, 5) is 19.8. The van der Waals surface area contributed by atoms with Crippen molar-refractivity contribution in [1.29, 1.82) is 0 Å². The van der Waals surface area contributed by atoms with Crippen molar-refractivity contribution in [2.75, 3.05) is 23.7 Å². The molecule has 40 heavy (non-hydrogen) atoms. The maximum atomic E-state index is 13.4. The molecule has 3 aromatic heterocycles. The Morgan fingerprint density at radius 1 is 0.975 bits per heavy atom. The van der Waals surface area contributed by atoms with E-state index in [2.05, 4.69) is 34.3 Å². The third-order valence-corrected chi connectivity index (χ3v) is 8.98. The van der Waals surface area contributed by atoms with Crippen LogP contribution in [0.15, 0.2) is 88.5 Å². The fraction of sp³-hybridized carbons (Fsp3) is 0.258. The van der Waals surface area contributed by atoms with Crippen molar-refractivity contribution in [2.24, 2.45) is 0 Å². The minimum atomic E-state index is -3.87. The number of Topliss-reactive ketones (excluding diaryl/α,β-unsaturated/α-hetero) is 1. The smallest absolute Gasteiger partial charge is 0.187 e. The van der Waals surface area contributed by atoms with Gasteiger partial charge in [0.2, 0.25) is 0 Å². The lowest BCUT2D eigenvalue weighted by Gasteiger charge is -2.16. The van der Waals surface area contributed by atoms with Gasteiger partial charge in [0.05, 0.1) is 17.0 Å². The van der Waals surface area contributed by atoms with Crippen LogP contribution in [-0.2, 0) is 27.6 Å². The van der Waals surface area contributed by atoms with E-state index < -0.39 is 21.4 Å². The predicted molar refractivity (Wildman–Crippen MR) is 154 cm³/mol. The number of ketones is 1. The maximum Gasteiger partial charge on any atom is 0.187 e. The SMILES string of the molecule is Cc1cc(CC(=O)CS(=O)(=O)c2cn(Cc3cccc(-c4ccc(N5CCCC5)nc4)c3)c3ccccc23)no1. The number of anilines is 1. The second-order valence-corrected chi connectivity index (χ2v) is 12.3. The molecule has 6 rings (SSSR count). The molecule has 1 aliphatic heterocycles. The highest BCUT2D eigenvalue weighted by Crippen LogP contribution is 2.29. The van der Waals surface area contributed by atoms with Gasteiger partial charge in [-0.05, 0) is 55.2 Å². The van der Waals surface area contributed by atoms with Gasteiger partial charge in [-0.2, -0.15) is 0 Å². The lowest BCUT2D eigenvalue weighted by Crippen LogP contribution is -2.18. The molecule has 0 spiro atoms. The van der Waals surface area contributed by atoms with Gasteiger partial charge in [-0.3, -0.25) is 4.79 Å². The Morgan fingerprint density at radius 3 is 2.55 bits per heavy atom. The number of fused-ring (bicyclic) bond motifs is 1. The lowest BCUT2D eigenvalue weighted by atomic mass is 10.0. The summed E-state index contributed by atoms with van der Waals surface area (Å²) in [5.41, 5.74) is 4.34. The molecule has 0 unspecified atom stereocenters. The van der Waals surface area contributed by atoms with Crippen LogP contribution < -0.4 is 4.90 Å². The molecule has 0 amide bonds. The molecule has 0 atom stereocenters. The van der Waals surface area contributed by atoms with Gasteiger partial charge >= 0.3 is 0 Å². The normalized spacial score (nSPS) is 13.8. The first kappa shape index (κ1) is 26.0. The molecule has 5 aromatic rings. The van der Waals surface area contributed by atoms with Crippen LogP contribution in [0, 0.1) is 6.92 Å². The van der Waals surface area contributed by atoms with Crippen LogP contribution in [0.5, 0.6) is 0 Å². The molecular weight excluding hydrogens is 524 g/mol. The van der Waals surface area contributed by atoms with Gasteiger partial charge in [0.25, 0.3) is 0 Å². The maximum absolute atomic E-state index is 13.4. The first-order valence-corrected chi connectivity index (χ1v) is 15.1. The Bertz CT molecular complexity index is 1780. The molecule has 1 saturated heterocycles. The molecule has 8 nitrogen and oxygen atoms in total. The number of rotatable bonds is 9. The van der Waals surface area contributed by atoms with E-state index in [1.54, 1.807) is 25.3 Å². The molecule has 0 saturated carbocycles. The number of pyridine rings is 1. The van der Waals surface area contributed by atoms with Crippen LogP contribution in [-0.4, -0.2) is 47.8 Å². The summed E-state index contributed by atoms with van der Waals surface area (Å²) in [5.74, 6) is 0.568. The monoisotopic (exact) mass is 554 g/mol. The molecule has 0 N–H and O–H groups in total. The number of benzene rings is 2. The first-order valence-electron chi connectivity index (χ1n) is 13.4. The van der Waals surface area contributed by atoms with Crippen molar-refractivity contribution in [2.45, 2.75) is 37.6 Å². The number of hydrogen-bond acceptors (Lipinski definition) is 7. The van der Waals surface area contributed by atoms with Crippen molar-refractivity contribution >= 4 is 32.3 Å². The third kappa shape index (κ3) is 5.42. The van der Waals surface area contributed by atoms with E-state index >= 15 is 0 Å². The Labute approximate surface area is 233 Å². The molecule has 9 heteroatoms. The zero-order valence-electron chi connectivity index (χ0n) is 22.3. The van der Waals surface area contributed by atoms with E-state index in [4.69, 9.17) is 9.51 Å². The Morgan fingerprint density at radius 2 is 1.80 bits per heavy atom. The molecule has 2 aromatic carbocycles. The van der Waals surface area contributed by atoms with E-state index in [-0.39, 0.29) is 11.3 Å². The minimum Gasteiger partial charge on any atom is -0.361 e. The third-order valence-electron chi connectivity index (χ3n) is 7.28. The molecular formula is C31H30N4O4S. The summed E-state index contributed by atoms with van der Waals surface area (Å²) in [6.45, 7) is 4.32. The average molecular weight is 555 g/mol. The van der Waals surface area contributed by atoms with Crippen molar-refractivity contribution in [3.63, 3.8) is 0 Å². The Kier molecular flexibility index (Phi) is 6.98.